The summed E-state index contributed by atoms with van der Waals surface area (Å²) in [4.78, 5) is 0. The van der Waals surface area contributed by atoms with Crippen molar-refractivity contribution in [2.75, 3.05) is 19.8 Å². The fraction of sp³-hybridized carbons (Fsp3) is 1.00. The molecule has 0 bridgehead atoms. The van der Waals surface area contributed by atoms with Crippen molar-refractivity contribution in [2.45, 2.75) is 102 Å². The molecule has 0 fully saturated rings. The molecule has 0 aliphatic carbocycles. The molecule has 0 heterocycles. The van der Waals surface area contributed by atoms with Gasteiger partial charge in [-0.2, -0.15) is 39.5 Å². The van der Waals surface area contributed by atoms with Gasteiger partial charge in [-0.1, -0.05) is 6.92 Å². The largest absolute Gasteiger partial charge is 0.460 e. The van der Waals surface area contributed by atoms with Crippen LogP contribution >= 0.6 is 0 Å². The summed E-state index contributed by atoms with van der Waals surface area (Å²) < 4.78 is 133. The molecule has 0 aliphatic heterocycles. The van der Waals surface area contributed by atoms with Crippen LogP contribution in [0.2, 0.25) is 0 Å². The fourth-order valence-corrected chi connectivity index (χ4v) is 2.40. The van der Waals surface area contributed by atoms with Gasteiger partial charge in [0.15, 0.2) is 0 Å². The number of hydrogen-bond donors (Lipinski definition) is 0. The van der Waals surface area contributed by atoms with E-state index in [2.05, 4.69) is 0 Å². The average molecular weight is 478 g/mol. The molecule has 0 aromatic carbocycles. The van der Waals surface area contributed by atoms with Crippen LogP contribution in [0.1, 0.15) is 61.3 Å². The molecule has 3 nitrogen and oxygen atoms in total. The van der Waals surface area contributed by atoms with Crippen LogP contribution in [0, 0.1) is 0 Å². The number of rotatable bonds is 11. The third-order valence-corrected chi connectivity index (χ3v) is 4.07. The molecule has 0 rings (SSSR count). The van der Waals surface area contributed by atoms with E-state index >= 15 is 0 Å². The first kappa shape index (κ1) is 30.2. The van der Waals surface area contributed by atoms with Gasteiger partial charge >= 0.3 is 23.9 Å². The Bertz CT molecular complexity index is 563. The topological polar surface area (TPSA) is 27.7 Å². The van der Waals surface area contributed by atoms with Crippen molar-refractivity contribution in [1.29, 1.82) is 0 Å². The molecule has 12 heteroatoms. The molecule has 188 valence electrons. The van der Waals surface area contributed by atoms with E-state index in [9.17, 15) is 39.5 Å². The minimum Gasteiger partial charge on any atom is -0.378 e. The van der Waals surface area contributed by atoms with Gasteiger partial charge in [-0.25, -0.2) is 0 Å². The van der Waals surface area contributed by atoms with E-state index in [0.717, 1.165) is 0 Å². The molecule has 31 heavy (non-hydrogen) atoms. The SMILES string of the molecule is CCC(COCCC(F)(F)C(F)(F)C(F)(F)C(F)(F)F)(COC(C)(C)C)OC(C)(C)C. The van der Waals surface area contributed by atoms with E-state index in [-0.39, 0.29) is 13.0 Å². The van der Waals surface area contributed by atoms with Crippen molar-refractivity contribution >= 4 is 0 Å². The second kappa shape index (κ2) is 9.62. The number of hydrogen-bond acceptors (Lipinski definition) is 3. The molecule has 0 saturated carbocycles. The van der Waals surface area contributed by atoms with Gasteiger partial charge in [0.25, 0.3) is 0 Å². The van der Waals surface area contributed by atoms with Gasteiger partial charge in [0.1, 0.15) is 5.60 Å². The van der Waals surface area contributed by atoms with E-state index < -0.39 is 60.4 Å². The molecular formula is C19H31F9O3. The second-order valence-electron chi connectivity index (χ2n) is 9.31. The van der Waals surface area contributed by atoms with Crippen LogP contribution in [0.15, 0.2) is 0 Å². The maximum atomic E-state index is 13.6. The third kappa shape index (κ3) is 8.27. The third-order valence-electron chi connectivity index (χ3n) is 4.07. The lowest BCUT2D eigenvalue weighted by atomic mass is 9.99. The van der Waals surface area contributed by atoms with E-state index in [1.165, 1.54) is 0 Å². The summed E-state index contributed by atoms with van der Waals surface area (Å²) in [6.45, 7) is 10.3. The number of alkyl halides is 9. The first-order valence-electron chi connectivity index (χ1n) is 9.55. The van der Waals surface area contributed by atoms with Crippen LogP contribution in [-0.4, -0.2) is 60.6 Å². The summed E-state index contributed by atoms with van der Waals surface area (Å²) in [5, 5.41) is 0. The Morgan fingerprint density at radius 1 is 0.645 bits per heavy atom. The molecule has 0 N–H and O–H groups in total. The summed E-state index contributed by atoms with van der Waals surface area (Å²) in [5.41, 5.74) is -2.55. The minimum atomic E-state index is -6.91. The fourth-order valence-electron chi connectivity index (χ4n) is 2.40. The smallest absolute Gasteiger partial charge is 0.378 e. The highest BCUT2D eigenvalue weighted by atomic mass is 19.4. The maximum absolute atomic E-state index is 13.6. The molecule has 0 saturated heterocycles. The van der Waals surface area contributed by atoms with Crippen LogP contribution < -0.4 is 0 Å². The Hall–Kier alpha value is -0.750. The molecular weight excluding hydrogens is 447 g/mol. The zero-order valence-corrected chi connectivity index (χ0v) is 18.7. The van der Waals surface area contributed by atoms with Gasteiger partial charge < -0.3 is 14.2 Å². The Balaban J connectivity index is 5.31. The number of ether oxygens (including phenoxy) is 3. The Labute approximate surface area is 176 Å². The Morgan fingerprint density at radius 3 is 1.48 bits per heavy atom. The second-order valence-corrected chi connectivity index (χ2v) is 9.31. The van der Waals surface area contributed by atoms with Crippen LogP contribution in [0.4, 0.5) is 39.5 Å². The van der Waals surface area contributed by atoms with Gasteiger partial charge in [0, 0.05) is 6.42 Å². The normalized spacial score (nSPS) is 17.0. The van der Waals surface area contributed by atoms with Gasteiger partial charge in [-0.05, 0) is 48.0 Å². The van der Waals surface area contributed by atoms with Crippen molar-refractivity contribution in [1.82, 2.24) is 0 Å². The summed E-state index contributed by atoms with van der Waals surface area (Å²) in [5.74, 6) is -19.2. The van der Waals surface area contributed by atoms with Gasteiger partial charge in [0.2, 0.25) is 0 Å². The zero-order chi connectivity index (χ0) is 25.2. The Kier molecular flexibility index (Phi) is 9.39. The van der Waals surface area contributed by atoms with Gasteiger partial charge in [0.05, 0.1) is 31.0 Å². The molecule has 0 aromatic rings. The lowest BCUT2D eigenvalue weighted by Crippen LogP contribution is -2.61. The summed E-state index contributed by atoms with van der Waals surface area (Å²) in [7, 11) is 0. The molecule has 1 atom stereocenters. The maximum Gasteiger partial charge on any atom is 0.460 e. The molecule has 0 spiro atoms. The average Bonchev–Trinajstić information content (AvgIpc) is 2.53. The summed E-state index contributed by atoms with van der Waals surface area (Å²) in [6.07, 6.45) is -8.65. The van der Waals surface area contributed by atoms with Crippen molar-refractivity contribution in [3.63, 3.8) is 0 Å². The van der Waals surface area contributed by atoms with Crippen LogP contribution in [0.25, 0.3) is 0 Å². The predicted octanol–water partition coefficient (Wildman–Crippen LogP) is 6.64. The van der Waals surface area contributed by atoms with Crippen LogP contribution in [-0.2, 0) is 14.2 Å². The summed E-state index contributed by atoms with van der Waals surface area (Å²) >= 11 is 0. The van der Waals surface area contributed by atoms with Gasteiger partial charge in [-0.3, -0.25) is 0 Å². The quantitative estimate of drug-likeness (QED) is 0.246. The van der Waals surface area contributed by atoms with Crippen molar-refractivity contribution in [3.8, 4) is 0 Å². The predicted molar refractivity (Wildman–Crippen MR) is 95.9 cm³/mol. The highest BCUT2D eigenvalue weighted by Crippen LogP contribution is 2.54. The Morgan fingerprint density at radius 2 is 1.13 bits per heavy atom. The first-order chi connectivity index (χ1) is 13.4. The van der Waals surface area contributed by atoms with Crippen LogP contribution in [0.5, 0.6) is 0 Å². The zero-order valence-electron chi connectivity index (χ0n) is 18.7. The minimum absolute atomic E-state index is 0.0665. The molecule has 0 radical (unpaired) electrons. The molecule has 0 aliphatic rings. The molecule has 0 aromatic heterocycles. The van der Waals surface area contributed by atoms with Crippen molar-refractivity contribution in [2.24, 2.45) is 0 Å². The van der Waals surface area contributed by atoms with E-state index in [1.807, 2.05) is 0 Å². The number of halogens is 9. The van der Waals surface area contributed by atoms with Crippen molar-refractivity contribution in [3.05, 3.63) is 0 Å². The van der Waals surface area contributed by atoms with E-state index in [0.29, 0.717) is 0 Å². The highest BCUT2D eigenvalue weighted by Gasteiger charge is 2.81. The highest BCUT2D eigenvalue weighted by molar-refractivity contribution is 5.00. The summed E-state index contributed by atoms with van der Waals surface area (Å²) in [6, 6.07) is 0. The van der Waals surface area contributed by atoms with E-state index in [4.69, 9.17) is 14.2 Å². The van der Waals surface area contributed by atoms with Gasteiger partial charge in [-0.15, -0.1) is 0 Å². The first-order valence-corrected chi connectivity index (χ1v) is 9.55. The monoisotopic (exact) mass is 478 g/mol. The standard InChI is InChI=1S/C19H31F9O3/c1-8-15(31-14(5,6)7,12-30-13(2,3)4)11-29-10-9-16(20,21)17(22,23)18(24,25)19(26,27)28/h8-12H2,1-7H3. The van der Waals surface area contributed by atoms with Crippen LogP contribution in [0.3, 0.4) is 0 Å². The van der Waals surface area contributed by atoms with Crippen molar-refractivity contribution < 1.29 is 53.7 Å². The van der Waals surface area contributed by atoms with E-state index in [1.54, 1.807) is 48.5 Å². The molecule has 0 amide bonds. The molecule has 1 unspecified atom stereocenters. The lowest BCUT2D eigenvalue weighted by Gasteiger charge is -2.40. The lowest BCUT2D eigenvalue weighted by molar-refractivity contribution is -0.397.